The Morgan fingerprint density at radius 1 is 0.941 bits per heavy atom. The first kappa shape index (κ1) is 16.1. The molecule has 0 radical (unpaired) electrons. The van der Waals surface area contributed by atoms with E-state index in [1.165, 1.54) is 0 Å². The lowest BCUT2D eigenvalue weighted by molar-refractivity contribution is 0.194. The summed E-state index contributed by atoms with van der Waals surface area (Å²) in [5, 5.41) is 20.3. The molecule has 0 fully saturated rings. The van der Waals surface area contributed by atoms with Gasteiger partial charge < -0.3 is 26.4 Å². The molecule has 1 amide bonds. The van der Waals surface area contributed by atoms with E-state index >= 15 is 0 Å². The number of carbonyl (C=O) groups is 1. The zero-order chi connectivity index (χ0) is 12.8. The van der Waals surface area contributed by atoms with Gasteiger partial charge in [0.15, 0.2) is 0 Å². The molecule has 102 valence electrons. The Hall–Kier alpha value is -0.850. The minimum Gasteiger partial charge on any atom is -0.465 e. The lowest BCUT2D eigenvalue weighted by atomic mass is 10.2. The highest BCUT2D eigenvalue weighted by molar-refractivity contribution is 5.64. The van der Waals surface area contributed by atoms with Gasteiger partial charge in [0.25, 0.3) is 0 Å². The molecule has 0 atom stereocenters. The molecule has 0 aliphatic heterocycles. The van der Waals surface area contributed by atoms with E-state index in [0.29, 0.717) is 6.54 Å². The third-order valence-electron chi connectivity index (χ3n) is 2.32. The van der Waals surface area contributed by atoms with Crippen LogP contribution >= 0.6 is 0 Å². The summed E-state index contributed by atoms with van der Waals surface area (Å²) in [6.45, 7) is 4.49. The number of rotatable bonds is 12. The fourth-order valence-corrected chi connectivity index (χ4v) is 1.42. The van der Waals surface area contributed by atoms with Crippen molar-refractivity contribution in [2.24, 2.45) is 0 Å². The summed E-state index contributed by atoms with van der Waals surface area (Å²) >= 11 is 0. The topological polar surface area (TPSA) is 85.4 Å². The maximum atomic E-state index is 10.1. The van der Waals surface area contributed by atoms with Crippen LogP contribution in [0.2, 0.25) is 0 Å². The van der Waals surface area contributed by atoms with E-state index in [4.69, 9.17) is 5.11 Å². The highest BCUT2D eigenvalue weighted by Gasteiger charge is 1.93. The Morgan fingerprint density at radius 2 is 1.59 bits per heavy atom. The molecule has 0 aliphatic rings. The van der Waals surface area contributed by atoms with Crippen molar-refractivity contribution >= 4 is 6.09 Å². The second-order valence-corrected chi connectivity index (χ2v) is 3.93. The monoisotopic (exact) mass is 246 g/mol. The molecule has 0 unspecified atom stereocenters. The fourth-order valence-electron chi connectivity index (χ4n) is 1.42. The van der Waals surface area contributed by atoms with E-state index in [1.807, 2.05) is 7.05 Å². The zero-order valence-corrected chi connectivity index (χ0v) is 10.7. The molecule has 0 rings (SSSR count). The SMILES string of the molecule is CNCNCCCNCCCCCNC(=O)O. The van der Waals surface area contributed by atoms with Crippen LogP contribution in [0.25, 0.3) is 0 Å². The maximum Gasteiger partial charge on any atom is 0.404 e. The Bertz CT molecular complexity index is 179. The van der Waals surface area contributed by atoms with Gasteiger partial charge in [-0.1, -0.05) is 6.42 Å². The first-order valence-corrected chi connectivity index (χ1v) is 6.30. The average Bonchev–Trinajstić information content (AvgIpc) is 2.30. The van der Waals surface area contributed by atoms with Crippen molar-refractivity contribution in [1.82, 2.24) is 21.3 Å². The number of unbranched alkanes of at least 4 members (excludes halogenated alkanes) is 2. The van der Waals surface area contributed by atoms with Crippen molar-refractivity contribution in [3.8, 4) is 0 Å². The van der Waals surface area contributed by atoms with Crippen molar-refractivity contribution in [3.05, 3.63) is 0 Å². The molecule has 5 N–H and O–H groups in total. The van der Waals surface area contributed by atoms with E-state index in [-0.39, 0.29) is 0 Å². The second-order valence-electron chi connectivity index (χ2n) is 3.93. The summed E-state index contributed by atoms with van der Waals surface area (Å²) in [6.07, 6.45) is 3.27. The standard InChI is InChI=1S/C11H26N4O2/c1-12-10-14-8-5-7-13-6-3-2-4-9-15-11(16)17/h12-15H,2-10H2,1H3,(H,16,17). The van der Waals surface area contributed by atoms with E-state index < -0.39 is 6.09 Å². The third-order valence-corrected chi connectivity index (χ3v) is 2.32. The molecule has 0 aromatic rings. The maximum absolute atomic E-state index is 10.1. The summed E-state index contributed by atoms with van der Waals surface area (Å²) < 4.78 is 0. The minimum atomic E-state index is -0.933. The summed E-state index contributed by atoms with van der Waals surface area (Å²) in [6, 6.07) is 0. The molecule has 0 spiro atoms. The molecule has 17 heavy (non-hydrogen) atoms. The molecular weight excluding hydrogens is 220 g/mol. The Balaban J connectivity index is 2.91. The molecular formula is C11H26N4O2. The van der Waals surface area contributed by atoms with Crippen LogP contribution in [0.4, 0.5) is 4.79 Å². The first-order valence-electron chi connectivity index (χ1n) is 6.30. The van der Waals surface area contributed by atoms with Crippen LogP contribution in [0.5, 0.6) is 0 Å². The number of hydrogen-bond donors (Lipinski definition) is 5. The summed E-state index contributed by atoms with van der Waals surface area (Å²) in [4.78, 5) is 10.1. The summed E-state index contributed by atoms with van der Waals surface area (Å²) in [7, 11) is 1.92. The lowest BCUT2D eigenvalue weighted by Gasteiger charge is -2.06. The lowest BCUT2D eigenvalue weighted by Crippen LogP contribution is -2.29. The molecule has 0 aliphatic carbocycles. The fraction of sp³-hybridized carbons (Fsp3) is 0.909. The Kier molecular flexibility index (Phi) is 12.6. The summed E-state index contributed by atoms with van der Waals surface area (Å²) in [5.74, 6) is 0. The van der Waals surface area contributed by atoms with Crippen molar-refractivity contribution in [3.63, 3.8) is 0 Å². The normalized spacial score (nSPS) is 10.4. The largest absolute Gasteiger partial charge is 0.465 e. The van der Waals surface area contributed by atoms with Crippen molar-refractivity contribution < 1.29 is 9.90 Å². The van der Waals surface area contributed by atoms with Gasteiger partial charge in [-0.3, -0.25) is 0 Å². The molecule has 6 heteroatoms. The summed E-state index contributed by atoms with van der Waals surface area (Å²) in [5.41, 5.74) is 0. The van der Waals surface area contributed by atoms with Crippen molar-refractivity contribution in [2.45, 2.75) is 25.7 Å². The van der Waals surface area contributed by atoms with Crippen LogP contribution < -0.4 is 21.3 Å². The van der Waals surface area contributed by atoms with Gasteiger partial charge in [0.1, 0.15) is 0 Å². The van der Waals surface area contributed by atoms with Gasteiger partial charge >= 0.3 is 6.09 Å². The van der Waals surface area contributed by atoms with Crippen LogP contribution in [0.3, 0.4) is 0 Å². The quantitative estimate of drug-likeness (QED) is 0.250. The van der Waals surface area contributed by atoms with Gasteiger partial charge in [0, 0.05) is 13.2 Å². The average molecular weight is 246 g/mol. The van der Waals surface area contributed by atoms with Crippen molar-refractivity contribution in [1.29, 1.82) is 0 Å². The van der Waals surface area contributed by atoms with E-state index in [9.17, 15) is 4.79 Å². The zero-order valence-electron chi connectivity index (χ0n) is 10.7. The van der Waals surface area contributed by atoms with Gasteiger partial charge in [0.2, 0.25) is 0 Å². The van der Waals surface area contributed by atoms with Gasteiger partial charge in [-0.2, -0.15) is 0 Å². The smallest absolute Gasteiger partial charge is 0.404 e. The van der Waals surface area contributed by atoms with E-state index in [1.54, 1.807) is 0 Å². The molecule has 0 saturated carbocycles. The first-order chi connectivity index (χ1) is 8.27. The highest BCUT2D eigenvalue weighted by Crippen LogP contribution is 1.92. The van der Waals surface area contributed by atoms with Crippen LogP contribution in [0, 0.1) is 0 Å². The van der Waals surface area contributed by atoms with Crippen LogP contribution in [0.15, 0.2) is 0 Å². The molecule has 0 saturated heterocycles. The second kappa shape index (κ2) is 13.2. The third kappa shape index (κ3) is 15.1. The number of nitrogens with one attached hydrogen (secondary N) is 4. The number of carboxylic acid groups (broad SMARTS) is 1. The van der Waals surface area contributed by atoms with E-state index in [0.717, 1.165) is 52.0 Å². The highest BCUT2D eigenvalue weighted by atomic mass is 16.4. The minimum absolute atomic E-state index is 0.559. The number of hydrogen-bond acceptors (Lipinski definition) is 4. The molecule has 0 bridgehead atoms. The predicted molar refractivity (Wildman–Crippen MR) is 69.3 cm³/mol. The molecule has 6 nitrogen and oxygen atoms in total. The van der Waals surface area contributed by atoms with Gasteiger partial charge in [-0.25, -0.2) is 4.79 Å². The van der Waals surface area contributed by atoms with Gasteiger partial charge in [-0.15, -0.1) is 0 Å². The van der Waals surface area contributed by atoms with Crippen molar-refractivity contribution in [2.75, 3.05) is 39.9 Å². The van der Waals surface area contributed by atoms with Crippen LogP contribution in [-0.2, 0) is 0 Å². The Labute approximate surface area is 104 Å². The molecule has 0 aromatic carbocycles. The molecule has 0 heterocycles. The van der Waals surface area contributed by atoms with E-state index in [2.05, 4.69) is 21.3 Å². The Morgan fingerprint density at radius 3 is 2.29 bits per heavy atom. The predicted octanol–water partition coefficient (Wildman–Crippen LogP) is 0.171. The molecule has 0 aromatic heterocycles. The number of amides is 1. The van der Waals surface area contributed by atoms with Crippen LogP contribution in [-0.4, -0.2) is 51.1 Å². The van der Waals surface area contributed by atoms with Gasteiger partial charge in [0.05, 0.1) is 0 Å². The van der Waals surface area contributed by atoms with Crippen LogP contribution in [0.1, 0.15) is 25.7 Å². The van der Waals surface area contributed by atoms with Gasteiger partial charge in [-0.05, 0) is 45.9 Å².